The molecule has 3 rings (SSSR count). The number of rotatable bonds is 5. The van der Waals surface area contributed by atoms with Crippen molar-refractivity contribution in [2.75, 3.05) is 33.2 Å². The second-order valence-corrected chi connectivity index (χ2v) is 8.12. The molecule has 1 saturated carbocycles. The van der Waals surface area contributed by atoms with Crippen molar-refractivity contribution in [3.05, 3.63) is 34.1 Å². The molecule has 0 bridgehead atoms. The molecule has 7 heteroatoms. The maximum absolute atomic E-state index is 14.1. The van der Waals surface area contributed by atoms with Crippen LogP contribution in [0.4, 0.5) is 4.39 Å². The molecule has 142 valence electrons. The fraction of sp³-hybridized carbons (Fsp3) is 0.579. The molecule has 1 heterocycles. The summed E-state index contributed by atoms with van der Waals surface area (Å²) in [7, 11) is 2.03. The minimum Gasteiger partial charge on any atom is -0.343 e. The summed E-state index contributed by atoms with van der Waals surface area (Å²) in [6.45, 7) is 4.71. The lowest BCUT2D eigenvalue weighted by molar-refractivity contribution is -0.138. The maximum Gasteiger partial charge on any atom is 0.246 e. The van der Waals surface area contributed by atoms with Crippen molar-refractivity contribution in [1.29, 1.82) is 0 Å². The Morgan fingerprint density at radius 2 is 1.92 bits per heavy atom. The van der Waals surface area contributed by atoms with E-state index in [-0.39, 0.29) is 17.6 Å². The van der Waals surface area contributed by atoms with E-state index in [4.69, 9.17) is 0 Å². The minimum atomic E-state index is -0.640. The van der Waals surface area contributed by atoms with Gasteiger partial charge in [0.25, 0.3) is 0 Å². The van der Waals surface area contributed by atoms with Crippen molar-refractivity contribution in [2.45, 2.75) is 37.6 Å². The van der Waals surface area contributed by atoms with Gasteiger partial charge >= 0.3 is 0 Å². The van der Waals surface area contributed by atoms with Crippen LogP contribution in [0.15, 0.2) is 22.7 Å². The van der Waals surface area contributed by atoms with Crippen molar-refractivity contribution in [1.82, 2.24) is 15.1 Å². The van der Waals surface area contributed by atoms with Crippen LogP contribution < -0.4 is 5.32 Å². The quantitative estimate of drug-likeness (QED) is 0.787. The zero-order valence-corrected chi connectivity index (χ0v) is 16.8. The van der Waals surface area contributed by atoms with Crippen molar-refractivity contribution in [3.63, 3.8) is 0 Å². The fourth-order valence-corrected chi connectivity index (χ4v) is 3.84. The number of carbonyl (C=O) groups is 2. The molecule has 5 nitrogen and oxygen atoms in total. The summed E-state index contributed by atoms with van der Waals surface area (Å²) in [6, 6.07) is 4.37. The first kappa shape index (κ1) is 19.3. The Morgan fingerprint density at radius 3 is 2.46 bits per heavy atom. The van der Waals surface area contributed by atoms with E-state index in [2.05, 4.69) is 26.1 Å². The number of halogens is 2. The summed E-state index contributed by atoms with van der Waals surface area (Å²) < 4.78 is 14.5. The number of likely N-dealkylation sites (N-methyl/N-ethyl adjacent to an activating group) is 1. The van der Waals surface area contributed by atoms with Crippen LogP contribution in [0.5, 0.6) is 0 Å². The Kier molecular flexibility index (Phi) is 5.67. The Morgan fingerprint density at radius 1 is 1.27 bits per heavy atom. The predicted molar refractivity (Wildman–Crippen MR) is 101 cm³/mol. The molecule has 1 atom stereocenters. The van der Waals surface area contributed by atoms with E-state index in [0.29, 0.717) is 24.0 Å². The Balaban J connectivity index is 1.89. The zero-order chi connectivity index (χ0) is 18.9. The lowest BCUT2D eigenvalue weighted by atomic mass is 9.86. The average molecular weight is 426 g/mol. The molecule has 1 saturated heterocycles. The smallest absolute Gasteiger partial charge is 0.246 e. The molecular weight excluding hydrogens is 401 g/mol. The van der Waals surface area contributed by atoms with Gasteiger partial charge in [-0.15, -0.1) is 0 Å². The van der Waals surface area contributed by atoms with Gasteiger partial charge < -0.3 is 15.1 Å². The highest BCUT2D eigenvalue weighted by molar-refractivity contribution is 9.10. The summed E-state index contributed by atoms with van der Waals surface area (Å²) in [5.41, 5.74) is 0.273. The number of amides is 2. The van der Waals surface area contributed by atoms with Crippen LogP contribution in [-0.4, -0.2) is 60.9 Å². The van der Waals surface area contributed by atoms with Crippen molar-refractivity contribution >= 4 is 27.7 Å². The van der Waals surface area contributed by atoms with E-state index in [0.717, 1.165) is 31.5 Å². The van der Waals surface area contributed by atoms with Crippen molar-refractivity contribution in [2.24, 2.45) is 0 Å². The number of hydrogen-bond acceptors (Lipinski definition) is 3. The Hall–Kier alpha value is -1.47. The zero-order valence-electron chi connectivity index (χ0n) is 15.2. The second kappa shape index (κ2) is 7.64. The third-order valence-electron chi connectivity index (χ3n) is 5.52. The van der Waals surface area contributed by atoms with E-state index in [1.165, 1.54) is 6.07 Å². The third-order valence-corrected chi connectivity index (χ3v) is 6.17. The van der Waals surface area contributed by atoms with E-state index < -0.39 is 11.5 Å². The summed E-state index contributed by atoms with van der Waals surface area (Å²) in [5, 5.41) is 2.93. The maximum atomic E-state index is 14.1. The molecule has 0 unspecified atom stereocenters. The first-order valence-electron chi connectivity index (χ1n) is 9.09. The number of piperazine rings is 1. The highest BCUT2D eigenvalue weighted by atomic mass is 79.9. The molecule has 1 N–H and O–H groups in total. The van der Waals surface area contributed by atoms with Gasteiger partial charge in [-0.3, -0.25) is 9.59 Å². The number of nitrogens with one attached hydrogen (secondary N) is 1. The van der Waals surface area contributed by atoms with Crippen LogP contribution in [0.1, 0.15) is 31.7 Å². The fourth-order valence-electron chi connectivity index (χ4n) is 3.59. The van der Waals surface area contributed by atoms with Gasteiger partial charge in [0.1, 0.15) is 11.9 Å². The number of carbonyl (C=O) groups excluding carboxylic acids is 2. The number of benzene rings is 1. The lowest BCUT2D eigenvalue weighted by Crippen LogP contribution is -2.58. The highest BCUT2D eigenvalue weighted by Crippen LogP contribution is 2.52. The summed E-state index contributed by atoms with van der Waals surface area (Å²) >= 11 is 3.18. The van der Waals surface area contributed by atoms with Gasteiger partial charge in [-0.2, -0.15) is 0 Å². The van der Waals surface area contributed by atoms with Gasteiger partial charge in [0.05, 0.1) is 4.47 Å². The molecule has 0 spiro atoms. The normalized spacial score (nSPS) is 20.5. The van der Waals surface area contributed by atoms with Crippen molar-refractivity contribution in [3.8, 4) is 0 Å². The number of nitrogens with zero attached hydrogens (tertiary/aromatic N) is 2. The van der Waals surface area contributed by atoms with Gasteiger partial charge in [-0.1, -0.05) is 13.0 Å². The van der Waals surface area contributed by atoms with Gasteiger partial charge in [-0.05, 0) is 53.5 Å². The molecule has 1 aliphatic heterocycles. The molecule has 2 amide bonds. The van der Waals surface area contributed by atoms with Crippen molar-refractivity contribution < 1.29 is 14.0 Å². The lowest BCUT2D eigenvalue weighted by Gasteiger charge is -2.37. The van der Waals surface area contributed by atoms with E-state index in [1.807, 2.05) is 18.0 Å². The summed E-state index contributed by atoms with van der Waals surface area (Å²) in [6.07, 6.45) is 1.85. The van der Waals surface area contributed by atoms with Gasteiger partial charge in [-0.25, -0.2) is 4.39 Å². The molecule has 0 radical (unpaired) electrons. The first-order chi connectivity index (χ1) is 12.4. The second-order valence-electron chi connectivity index (χ2n) is 7.27. The molecule has 1 aliphatic carbocycles. The SMILES string of the molecule is CCC(=O)N[C@H](C(=O)N1CCN(C)CC1)C1(c2ccc(Br)c(F)c2)CC1. The number of hydrogen-bond donors (Lipinski definition) is 1. The standard InChI is InChI=1S/C19H25BrFN3O2/c1-3-16(25)22-17(18(26)24-10-8-23(2)9-11-24)19(6-7-19)13-4-5-14(20)15(21)12-13/h4-5,12,17H,3,6-11H2,1-2H3,(H,22,25)/t17-/m1/s1. The molecule has 2 aliphatic rings. The van der Waals surface area contributed by atoms with E-state index in [1.54, 1.807) is 13.0 Å². The van der Waals surface area contributed by atoms with Crippen LogP contribution >= 0.6 is 15.9 Å². The van der Waals surface area contributed by atoms with Gasteiger partial charge in [0, 0.05) is 38.0 Å². The van der Waals surface area contributed by atoms with E-state index in [9.17, 15) is 14.0 Å². The van der Waals surface area contributed by atoms with Crippen LogP contribution in [0.2, 0.25) is 0 Å². The van der Waals surface area contributed by atoms with Gasteiger partial charge in [0.2, 0.25) is 11.8 Å². The topological polar surface area (TPSA) is 52.7 Å². The largest absolute Gasteiger partial charge is 0.343 e. The average Bonchev–Trinajstić information content (AvgIpc) is 3.43. The van der Waals surface area contributed by atoms with E-state index >= 15 is 0 Å². The summed E-state index contributed by atoms with van der Waals surface area (Å²) in [4.78, 5) is 29.4. The highest BCUT2D eigenvalue weighted by Gasteiger charge is 2.55. The monoisotopic (exact) mass is 425 g/mol. The predicted octanol–water partition coefficient (Wildman–Crippen LogP) is 2.29. The van der Waals surface area contributed by atoms with Crippen LogP contribution in [-0.2, 0) is 15.0 Å². The van der Waals surface area contributed by atoms with Gasteiger partial charge in [0.15, 0.2) is 0 Å². The Labute approximate surface area is 162 Å². The van der Waals surface area contributed by atoms with Crippen LogP contribution in [0.25, 0.3) is 0 Å². The minimum absolute atomic E-state index is 0.0549. The summed E-state index contributed by atoms with van der Waals surface area (Å²) in [5.74, 6) is -0.552. The molecular formula is C19H25BrFN3O2. The molecule has 1 aromatic carbocycles. The third kappa shape index (κ3) is 3.78. The first-order valence-corrected chi connectivity index (χ1v) is 9.89. The molecule has 2 fully saturated rings. The van der Waals surface area contributed by atoms with Crippen LogP contribution in [0.3, 0.4) is 0 Å². The molecule has 1 aromatic rings. The molecule has 0 aromatic heterocycles. The molecule has 26 heavy (non-hydrogen) atoms. The Bertz CT molecular complexity index is 700. The van der Waals surface area contributed by atoms with Crippen LogP contribution in [0, 0.1) is 5.82 Å².